The molecule has 2 aromatic heterocycles. The van der Waals surface area contributed by atoms with Crippen molar-refractivity contribution in [1.29, 1.82) is 0 Å². The molecule has 21 heavy (non-hydrogen) atoms. The molecule has 5 heteroatoms. The fourth-order valence-electron chi connectivity index (χ4n) is 2.71. The molecule has 0 atom stereocenters. The molecule has 3 N–H and O–H groups in total. The van der Waals surface area contributed by atoms with Crippen molar-refractivity contribution in [3.8, 4) is 0 Å². The van der Waals surface area contributed by atoms with E-state index in [1.165, 1.54) is 24.2 Å². The van der Waals surface area contributed by atoms with E-state index >= 15 is 0 Å². The molecule has 3 rings (SSSR count). The minimum atomic E-state index is -0.0694. The lowest BCUT2D eigenvalue weighted by molar-refractivity contribution is 0.0944. The fourth-order valence-corrected chi connectivity index (χ4v) is 3.77. The lowest BCUT2D eigenvalue weighted by Gasteiger charge is -2.19. The van der Waals surface area contributed by atoms with Gasteiger partial charge in [-0.1, -0.05) is 13.8 Å². The Kier molecular flexibility index (Phi) is 3.40. The van der Waals surface area contributed by atoms with Gasteiger partial charge in [-0.05, 0) is 43.2 Å². The van der Waals surface area contributed by atoms with Gasteiger partial charge in [0, 0.05) is 17.6 Å². The summed E-state index contributed by atoms with van der Waals surface area (Å²) >= 11 is 1.38. The van der Waals surface area contributed by atoms with E-state index in [1.54, 1.807) is 0 Å². The van der Waals surface area contributed by atoms with Gasteiger partial charge in [0.2, 0.25) is 0 Å². The van der Waals surface area contributed by atoms with Gasteiger partial charge in [0.05, 0.1) is 5.69 Å². The summed E-state index contributed by atoms with van der Waals surface area (Å²) in [5, 5.41) is 3.94. The second-order valence-corrected chi connectivity index (χ2v) is 7.35. The van der Waals surface area contributed by atoms with Crippen molar-refractivity contribution in [2.24, 2.45) is 11.3 Å². The number of nitrogen functional groups attached to an aromatic ring is 1. The number of aromatic nitrogens is 1. The second kappa shape index (κ2) is 4.98. The Morgan fingerprint density at radius 1 is 1.48 bits per heavy atom. The summed E-state index contributed by atoms with van der Waals surface area (Å²) in [6.45, 7) is 7.12. The number of pyridine rings is 1. The van der Waals surface area contributed by atoms with Crippen LogP contribution in [0.1, 0.15) is 42.1 Å². The summed E-state index contributed by atoms with van der Waals surface area (Å²) in [6, 6.07) is 3.86. The van der Waals surface area contributed by atoms with Gasteiger partial charge in [0.25, 0.3) is 5.91 Å². The summed E-state index contributed by atoms with van der Waals surface area (Å²) in [6.07, 6.45) is 2.40. The largest absolute Gasteiger partial charge is 0.397 e. The molecule has 1 amide bonds. The van der Waals surface area contributed by atoms with E-state index in [4.69, 9.17) is 5.73 Å². The van der Waals surface area contributed by atoms with E-state index in [0.29, 0.717) is 21.9 Å². The van der Waals surface area contributed by atoms with E-state index in [2.05, 4.69) is 24.1 Å². The summed E-state index contributed by atoms with van der Waals surface area (Å²) in [4.78, 5) is 18.3. The average Bonchev–Trinajstić information content (AvgIpc) is 3.17. The van der Waals surface area contributed by atoms with Crippen LogP contribution in [0.5, 0.6) is 0 Å². The fraction of sp³-hybridized carbons (Fsp3) is 0.500. The van der Waals surface area contributed by atoms with Crippen LogP contribution in [0.15, 0.2) is 12.1 Å². The minimum Gasteiger partial charge on any atom is -0.397 e. The molecule has 1 aliphatic rings. The van der Waals surface area contributed by atoms with Crippen LogP contribution in [-0.2, 0) is 0 Å². The van der Waals surface area contributed by atoms with E-state index in [1.807, 2.05) is 19.1 Å². The van der Waals surface area contributed by atoms with Crippen molar-refractivity contribution >= 4 is 33.1 Å². The van der Waals surface area contributed by atoms with Gasteiger partial charge >= 0.3 is 0 Å². The third-order valence-electron chi connectivity index (χ3n) is 4.66. The maximum absolute atomic E-state index is 12.4. The van der Waals surface area contributed by atoms with Crippen LogP contribution in [0.3, 0.4) is 0 Å². The topological polar surface area (TPSA) is 68.0 Å². The number of amides is 1. The van der Waals surface area contributed by atoms with Crippen LogP contribution < -0.4 is 11.1 Å². The molecule has 112 valence electrons. The number of anilines is 1. The molecular weight excluding hydrogens is 282 g/mol. The summed E-state index contributed by atoms with van der Waals surface area (Å²) in [5.74, 6) is 0.530. The first-order valence-corrected chi connectivity index (χ1v) is 8.18. The molecule has 0 bridgehead atoms. The highest BCUT2D eigenvalue weighted by molar-refractivity contribution is 7.21. The highest BCUT2D eigenvalue weighted by Crippen LogP contribution is 2.51. The van der Waals surface area contributed by atoms with E-state index in [-0.39, 0.29) is 5.91 Å². The number of aryl methyl sites for hydroxylation is 1. The maximum atomic E-state index is 12.4. The molecule has 0 spiro atoms. The van der Waals surface area contributed by atoms with Gasteiger partial charge in [0.15, 0.2) is 0 Å². The summed E-state index contributed by atoms with van der Waals surface area (Å²) < 4.78 is 0. The predicted molar refractivity (Wildman–Crippen MR) is 87.6 cm³/mol. The van der Waals surface area contributed by atoms with Crippen molar-refractivity contribution in [3.05, 3.63) is 22.7 Å². The number of hydrogen-bond acceptors (Lipinski definition) is 4. The van der Waals surface area contributed by atoms with Crippen molar-refractivity contribution < 1.29 is 4.79 Å². The number of fused-ring (bicyclic) bond motifs is 1. The molecule has 0 radical (unpaired) electrons. The number of nitrogens with one attached hydrogen (secondary N) is 1. The molecule has 4 nitrogen and oxygen atoms in total. The molecule has 2 aromatic rings. The Labute approximate surface area is 128 Å². The number of nitrogens with two attached hydrogens (primary N) is 1. The molecule has 0 aliphatic heterocycles. The maximum Gasteiger partial charge on any atom is 0.263 e. The van der Waals surface area contributed by atoms with Crippen molar-refractivity contribution in [3.63, 3.8) is 0 Å². The smallest absolute Gasteiger partial charge is 0.263 e. The summed E-state index contributed by atoms with van der Waals surface area (Å²) in [7, 11) is 0. The Morgan fingerprint density at radius 2 is 2.19 bits per heavy atom. The van der Waals surface area contributed by atoms with Crippen LogP contribution in [-0.4, -0.2) is 17.4 Å². The first kappa shape index (κ1) is 14.3. The minimum absolute atomic E-state index is 0.0694. The average molecular weight is 303 g/mol. The monoisotopic (exact) mass is 303 g/mol. The van der Waals surface area contributed by atoms with Crippen LogP contribution in [0.4, 0.5) is 5.69 Å². The third-order valence-corrected chi connectivity index (χ3v) is 5.77. The van der Waals surface area contributed by atoms with E-state index in [0.717, 1.165) is 22.5 Å². The quantitative estimate of drug-likeness (QED) is 0.910. The van der Waals surface area contributed by atoms with Gasteiger partial charge in [-0.15, -0.1) is 11.3 Å². The van der Waals surface area contributed by atoms with Crippen LogP contribution >= 0.6 is 11.3 Å². The van der Waals surface area contributed by atoms with Crippen LogP contribution in [0.2, 0.25) is 0 Å². The molecule has 1 saturated carbocycles. The normalized spacial score (nSPS) is 16.4. The van der Waals surface area contributed by atoms with Gasteiger partial charge in [-0.3, -0.25) is 4.79 Å². The zero-order valence-corrected chi connectivity index (χ0v) is 13.5. The SMILES string of the molecule is Cc1ccc2c(N)c(C(=O)NCC3(C(C)C)CC3)sc2n1. The molecule has 0 aromatic carbocycles. The number of nitrogens with zero attached hydrogens (tertiary/aromatic N) is 1. The first-order chi connectivity index (χ1) is 9.93. The first-order valence-electron chi connectivity index (χ1n) is 7.37. The van der Waals surface area contributed by atoms with Crippen molar-refractivity contribution in [1.82, 2.24) is 10.3 Å². The van der Waals surface area contributed by atoms with E-state index in [9.17, 15) is 4.79 Å². The number of carbonyl (C=O) groups excluding carboxylic acids is 1. The molecule has 1 fully saturated rings. The zero-order chi connectivity index (χ0) is 15.2. The van der Waals surface area contributed by atoms with Gasteiger partial charge < -0.3 is 11.1 Å². The predicted octanol–water partition coefficient (Wildman–Crippen LogP) is 3.35. The number of carbonyl (C=O) groups is 1. The van der Waals surface area contributed by atoms with Gasteiger partial charge in [-0.2, -0.15) is 0 Å². The standard InChI is InChI=1S/C16H21N3OS/c1-9(2)16(6-7-16)8-18-14(20)13-12(17)11-5-4-10(3)19-15(11)21-13/h4-5,9H,6-8,17H2,1-3H3,(H,18,20). The van der Waals surface area contributed by atoms with Gasteiger partial charge in [0.1, 0.15) is 9.71 Å². The van der Waals surface area contributed by atoms with Gasteiger partial charge in [-0.25, -0.2) is 4.98 Å². The van der Waals surface area contributed by atoms with Crippen molar-refractivity contribution in [2.45, 2.75) is 33.6 Å². The molecule has 2 heterocycles. The van der Waals surface area contributed by atoms with E-state index < -0.39 is 0 Å². The molecular formula is C16H21N3OS. The highest BCUT2D eigenvalue weighted by atomic mass is 32.1. The molecule has 0 unspecified atom stereocenters. The van der Waals surface area contributed by atoms with Crippen LogP contribution in [0, 0.1) is 18.3 Å². The molecule has 1 aliphatic carbocycles. The molecule has 0 saturated heterocycles. The number of thiophene rings is 1. The lowest BCUT2D eigenvalue weighted by Crippen LogP contribution is -2.32. The third kappa shape index (κ3) is 2.50. The highest BCUT2D eigenvalue weighted by Gasteiger charge is 2.45. The Morgan fingerprint density at radius 3 is 2.81 bits per heavy atom. The zero-order valence-electron chi connectivity index (χ0n) is 12.7. The Balaban J connectivity index is 1.80. The lowest BCUT2D eigenvalue weighted by atomic mass is 9.92. The van der Waals surface area contributed by atoms with Crippen LogP contribution in [0.25, 0.3) is 10.2 Å². The van der Waals surface area contributed by atoms with Crippen molar-refractivity contribution in [2.75, 3.05) is 12.3 Å². The second-order valence-electron chi connectivity index (χ2n) is 6.35. The summed E-state index contributed by atoms with van der Waals surface area (Å²) in [5.41, 5.74) is 7.90. The Bertz CT molecular complexity index is 701. The Hall–Kier alpha value is -1.62. The number of hydrogen-bond donors (Lipinski definition) is 2. The number of rotatable bonds is 4.